The molecule has 0 radical (unpaired) electrons. The van der Waals surface area contributed by atoms with Crippen LogP contribution < -0.4 is 20.1 Å². The number of nitrogens with zero attached hydrogens (tertiary/aromatic N) is 2. The topological polar surface area (TPSA) is 112 Å². The number of halogens is 2. The largest absolute Gasteiger partial charge is 0.496 e. The van der Waals surface area contributed by atoms with E-state index in [0.29, 0.717) is 45.0 Å². The van der Waals surface area contributed by atoms with Gasteiger partial charge in [-0.15, -0.1) is 0 Å². The molecular formula is C37H36BrFN4O5S. The first kappa shape index (κ1) is 34.3. The molecule has 1 aliphatic heterocycles. The minimum absolute atomic E-state index is 0.0576. The molecule has 0 spiro atoms. The van der Waals surface area contributed by atoms with E-state index in [2.05, 4.69) is 36.5 Å². The maximum absolute atomic E-state index is 13.6. The molecule has 2 atom stereocenters. The lowest BCUT2D eigenvalue weighted by Gasteiger charge is -2.38. The maximum atomic E-state index is 13.6. The minimum Gasteiger partial charge on any atom is -0.496 e. The molecule has 4 aromatic carbocycles. The van der Waals surface area contributed by atoms with Crippen molar-refractivity contribution in [2.24, 2.45) is 0 Å². The van der Waals surface area contributed by atoms with Gasteiger partial charge in [0.2, 0.25) is 0 Å². The standard InChI is InChI=1S/C37H36BrFN4O5S/c1-3-35(40-16-18-49(44,45)28-11-5-4-6-12-28)37(15-8-17-48-37)30-21-29-32(22-34(30)46-2)41-24-42-36(29)43-27-13-14-33(31(38)20-27)47-23-25-9-7-10-26(39)19-25/h4-14,17,19-22,24,35,40H,3,15-16,18,23H2,1-2H3,(H,41,42,43). The summed E-state index contributed by atoms with van der Waals surface area (Å²) in [4.78, 5) is 9.39. The van der Waals surface area contributed by atoms with Crippen LogP contribution in [0.3, 0.4) is 0 Å². The Bertz CT molecular complexity index is 2070. The summed E-state index contributed by atoms with van der Waals surface area (Å²) >= 11 is 3.59. The molecule has 0 bridgehead atoms. The van der Waals surface area contributed by atoms with Crippen LogP contribution >= 0.6 is 15.9 Å². The SMILES string of the molecule is CCC(NCCS(=O)(=O)c1ccccc1)C1(c2cc3c(Nc4ccc(OCc5cccc(F)c5)c(Br)c4)ncnc3cc2OC)CC=CO1. The highest BCUT2D eigenvalue weighted by molar-refractivity contribution is 9.10. The van der Waals surface area contributed by atoms with Gasteiger partial charge in [-0.2, -0.15) is 0 Å². The fourth-order valence-corrected chi connectivity index (χ4v) is 7.77. The summed E-state index contributed by atoms with van der Waals surface area (Å²) in [5.41, 5.74) is 2.07. The van der Waals surface area contributed by atoms with Gasteiger partial charge in [0, 0.05) is 35.7 Å². The van der Waals surface area contributed by atoms with Gasteiger partial charge in [-0.1, -0.05) is 37.3 Å². The minimum atomic E-state index is -3.47. The zero-order chi connectivity index (χ0) is 34.4. The van der Waals surface area contributed by atoms with Gasteiger partial charge in [0.1, 0.15) is 36.1 Å². The Balaban J connectivity index is 1.26. The predicted molar refractivity (Wildman–Crippen MR) is 191 cm³/mol. The van der Waals surface area contributed by atoms with Crippen molar-refractivity contribution in [3.8, 4) is 11.5 Å². The molecule has 0 amide bonds. The summed E-state index contributed by atoms with van der Waals surface area (Å²) in [6, 6.07) is 23.9. The third-order valence-electron chi connectivity index (χ3n) is 8.52. The fourth-order valence-electron chi connectivity index (χ4n) is 6.08. The molecule has 254 valence electrons. The van der Waals surface area contributed by atoms with E-state index in [-0.39, 0.29) is 30.8 Å². The Morgan fingerprint density at radius 1 is 1.02 bits per heavy atom. The second-order valence-electron chi connectivity index (χ2n) is 11.6. The Morgan fingerprint density at radius 2 is 1.86 bits per heavy atom. The molecule has 0 fully saturated rings. The molecule has 0 saturated heterocycles. The first-order valence-corrected chi connectivity index (χ1v) is 18.3. The zero-order valence-electron chi connectivity index (χ0n) is 27.0. The van der Waals surface area contributed by atoms with E-state index < -0.39 is 15.4 Å². The van der Waals surface area contributed by atoms with Crippen molar-refractivity contribution in [2.45, 2.75) is 42.9 Å². The molecule has 2 unspecified atom stereocenters. The van der Waals surface area contributed by atoms with E-state index in [4.69, 9.17) is 14.2 Å². The fraction of sp³-hybridized carbons (Fsp3) is 0.243. The number of fused-ring (bicyclic) bond motifs is 1. The highest BCUT2D eigenvalue weighted by Crippen LogP contribution is 2.45. The number of hydrogen-bond acceptors (Lipinski definition) is 9. The third kappa shape index (κ3) is 7.56. The van der Waals surface area contributed by atoms with Crippen molar-refractivity contribution in [2.75, 3.05) is 24.7 Å². The van der Waals surface area contributed by atoms with Crippen LogP contribution in [-0.2, 0) is 26.8 Å². The molecule has 6 rings (SSSR count). The number of rotatable bonds is 14. The molecule has 2 N–H and O–H groups in total. The monoisotopic (exact) mass is 746 g/mol. The lowest BCUT2D eigenvalue weighted by atomic mass is 9.81. The number of nitrogens with one attached hydrogen (secondary N) is 2. The van der Waals surface area contributed by atoms with E-state index in [1.807, 2.05) is 49.4 Å². The summed E-state index contributed by atoms with van der Waals surface area (Å²) in [6.45, 7) is 2.50. The highest BCUT2D eigenvalue weighted by Gasteiger charge is 2.45. The van der Waals surface area contributed by atoms with Crippen LogP contribution in [0.1, 0.15) is 30.9 Å². The normalized spacial score (nSPS) is 16.3. The number of aromatic nitrogens is 2. The summed E-state index contributed by atoms with van der Waals surface area (Å²) in [5.74, 6) is 1.41. The molecule has 2 heterocycles. The Kier molecular flexibility index (Phi) is 10.5. The van der Waals surface area contributed by atoms with Gasteiger partial charge in [0.15, 0.2) is 15.4 Å². The average molecular weight is 748 g/mol. The van der Waals surface area contributed by atoms with Crippen LogP contribution in [0.25, 0.3) is 10.9 Å². The molecule has 0 saturated carbocycles. The van der Waals surface area contributed by atoms with Crippen LogP contribution in [0, 0.1) is 5.82 Å². The molecule has 49 heavy (non-hydrogen) atoms. The highest BCUT2D eigenvalue weighted by atomic mass is 79.9. The third-order valence-corrected chi connectivity index (χ3v) is 10.9. The van der Waals surface area contributed by atoms with Gasteiger partial charge >= 0.3 is 0 Å². The van der Waals surface area contributed by atoms with Crippen LogP contribution in [0.4, 0.5) is 15.9 Å². The van der Waals surface area contributed by atoms with Crippen molar-refractivity contribution in [3.63, 3.8) is 0 Å². The second kappa shape index (κ2) is 14.9. The Morgan fingerprint density at radius 3 is 2.57 bits per heavy atom. The van der Waals surface area contributed by atoms with Crippen molar-refractivity contribution in [3.05, 3.63) is 125 Å². The van der Waals surface area contributed by atoms with Crippen LogP contribution in [0.2, 0.25) is 0 Å². The van der Waals surface area contributed by atoms with E-state index >= 15 is 0 Å². The second-order valence-corrected chi connectivity index (χ2v) is 14.6. The smallest absolute Gasteiger partial charge is 0.179 e. The Labute approximate surface area is 293 Å². The number of benzene rings is 4. The summed E-state index contributed by atoms with van der Waals surface area (Å²) in [5, 5.41) is 7.64. The van der Waals surface area contributed by atoms with E-state index in [1.165, 1.54) is 18.5 Å². The number of anilines is 2. The summed E-state index contributed by atoms with van der Waals surface area (Å²) in [6.07, 6.45) is 6.34. The number of methoxy groups -OCH3 is 1. The van der Waals surface area contributed by atoms with Crippen molar-refractivity contribution in [1.29, 1.82) is 0 Å². The molecule has 12 heteroatoms. The van der Waals surface area contributed by atoms with Gasteiger partial charge in [-0.25, -0.2) is 22.8 Å². The average Bonchev–Trinajstić information content (AvgIpc) is 3.60. The quantitative estimate of drug-likeness (QED) is 0.117. The lowest BCUT2D eigenvalue weighted by Crippen LogP contribution is -2.49. The molecule has 1 aliphatic rings. The van der Waals surface area contributed by atoms with Gasteiger partial charge in [-0.05, 0) is 82.5 Å². The van der Waals surface area contributed by atoms with Crippen LogP contribution in [-0.4, -0.2) is 43.8 Å². The number of ether oxygens (including phenoxy) is 3. The van der Waals surface area contributed by atoms with Crippen molar-refractivity contribution < 1.29 is 27.0 Å². The summed E-state index contributed by atoms with van der Waals surface area (Å²) < 4.78 is 58.5. The predicted octanol–water partition coefficient (Wildman–Crippen LogP) is 7.83. The molecule has 5 aromatic rings. The molecular weight excluding hydrogens is 711 g/mol. The first-order chi connectivity index (χ1) is 23.7. The molecule has 0 aliphatic carbocycles. The van der Waals surface area contributed by atoms with Gasteiger partial charge < -0.3 is 24.8 Å². The zero-order valence-corrected chi connectivity index (χ0v) is 29.4. The number of hydrogen-bond donors (Lipinski definition) is 2. The van der Waals surface area contributed by atoms with Gasteiger partial charge in [0.25, 0.3) is 0 Å². The van der Waals surface area contributed by atoms with Gasteiger partial charge in [-0.3, -0.25) is 0 Å². The maximum Gasteiger partial charge on any atom is 0.179 e. The Hall–Kier alpha value is -4.52. The number of sulfone groups is 1. The lowest BCUT2D eigenvalue weighted by molar-refractivity contribution is -0.000296. The van der Waals surface area contributed by atoms with Gasteiger partial charge in [0.05, 0.1) is 40.1 Å². The van der Waals surface area contributed by atoms with Crippen molar-refractivity contribution >= 4 is 48.2 Å². The van der Waals surface area contributed by atoms with E-state index in [0.717, 1.165) is 22.2 Å². The van der Waals surface area contributed by atoms with Crippen molar-refractivity contribution in [1.82, 2.24) is 15.3 Å². The summed E-state index contributed by atoms with van der Waals surface area (Å²) in [7, 11) is -1.86. The molecule has 1 aromatic heterocycles. The van der Waals surface area contributed by atoms with Crippen LogP contribution in [0.15, 0.2) is 113 Å². The van der Waals surface area contributed by atoms with Crippen LogP contribution in [0.5, 0.6) is 11.5 Å². The van der Waals surface area contributed by atoms with E-state index in [9.17, 15) is 12.8 Å². The van der Waals surface area contributed by atoms with E-state index in [1.54, 1.807) is 49.8 Å². The molecule has 9 nitrogen and oxygen atoms in total. The first-order valence-electron chi connectivity index (χ1n) is 15.8.